The number of primary amides is 1. The van der Waals surface area contributed by atoms with Gasteiger partial charge in [0, 0.05) is 25.6 Å². The number of fused-ring (bicyclic) bond motifs is 2. The summed E-state index contributed by atoms with van der Waals surface area (Å²) in [6.07, 6.45) is 6.44. The lowest BCUT2D eigenvalue weighted by Gasteiger charge is -2.39. The normalized spacial score (nSPS) is 25.6. The molecular weight excluding hydrogens is 1200 g/mol. The lowest BCUT2D eigenvalue weighted by atomic mass is 9.96. The zero-order valence-corrected chi connectivity index (χ0v) is 52.6. The molecule has 3 heterocycles. The van der Waals surface area contributed by atoms with Gasteiger partial charge in [-0.3, -0.25) is 76.7 Å². The van der Waals surface area contributed by atoms with Crippen LogP contribution in [0.4, 0.5) is 0 Å². The van der Waals surface area contributed by atoms with Gasteiger partial charge >= 0.3 is 17.9 Å². The fourth-order valence-corrected chi connectivity index (χ4v) is 10.4. The Morgan fingerprint density at radius 1 is 0.626 bits per heavy atom. The minimum absolute atomic E-state index is 0.0286. The minimum atomic E-state index is -2.13. The van der Waals surface area contributed by atoms with E-state index in [0.717, 1.165) is 43.9 Å². The van der Waals surface area contributed by atoms with Crippen molar-refractivity contribution in [2.75, 3.05) is 26.2 Å². The quantitative estimate of drug-likeness (QED) is 0.0363. The Morgan fingerprint density at radius 2 is 1.16 bits per heavy atom. The molecule has 3 rings (SSSR count). The Bertz CT molecular complexity index is 2710. The molecule has 3 saturated heterocycles. The summed E-state index contributed by atoms with van der Waals surface area (Å²) in [5.74, 6) is -21.1. The average molecular weight is 1290 g/mol. The van der Waals surface area contributed by atoms with Crippen molar-refractivity contribution in [2.45, 2.75) is 211 Å². The lowest BCUT2D eigenvalue weighted by Crippen LogP contribution is -2.66. The fraction of sp³-hybridized carbons (Fsp3) is 0.690. The van der Waals surface area contributed by atoms with E-state index in [1.807, 2.05) is 10.6 Å². The van der Waals surface area contributed by atoms with Crippen LogP contribution in [0, 0.1) is 17.8 Å². The van der Waals surface area contributed by atoms with Crippen molar-refractivity contribution >= 4 is 94.7 Å². The van der Waals surface area contributed by atoms with Crippen LogP contribution in [-0.4, -0.2) is 212 Å². The van der Waals surface area contributed by atoms with Gasteiger partial charge in [0.2, 0.25) is 76.8 Å². The number of nitrogens with zero attached hydrogens (tertiary/aromatic N) is 2. The van der Waals surface area contributed by atoms with Gasteiger partial charge in [-0.15, -0.1) is 0 Å². The van der Waals surface area contributed by atoms with E-state index in [0.29, 0.717) is 12.3 Å². The minimum Gasteiger partial charge on any atom is -0.481 e. The zero-order chi connectivity index (χ0) is 68.4. The molecule has 13 atom stereocenters. The number of rotatable bonds is 22. The molecule has 3 fully saturated rings. The van der Waals surface area contributed by atoms with E-state index >= 15 is 4.79 Å². The van der Waals surface area contributed by atoms with Gasteiger partial charge in [-0.05, 0) is 77.6 Å². The molecule has 0 aromatic heterocycles. The number of carboxylic acids is 3. The van der Waals surface area contributed by atoms with E-state index < -0.39 is 205 Å². The maximum atomic E-state index is 15.2. The number of allylic oxidation sites excluding steroid dienone is 1. The van der Waals surface area contributed by atoms with Crippen LogP contribution < -0.4 is 64.6 Å². The summed E-state index contributed by atoms with van der Waals surface area (Å²) in [6.45, 7) is 8.77. The molecule has 33 nitrogen and oxygen atoms in total. The molecule has 17 N–H and O–H groups in total. The summed E-state index contributed by atoms with van der Waals surface area (Å²) in [4.78, 5) is 219. The van der Waals surface area contributed by atoms with Gasteiger partial charge in [0.1, 0.15) is 54.4 Å². The number of carbonyl (C=O) groups is 16. The predicted octanol–water partition coefficient (Wildman–Crippen LogP) is -4.01. The first-order chi connectivity index (χ1) is 42.8. The summed E-state index contributed by atoms with van der Waals surface area (Å²) in [7, 11) is 0. The third kappa shape index (κ3) is 24.8. The molecule has 33 heteroatoms. The van der Waals surface area contributed by atoms with Crippen LogP contribution in [0.2, 0.25) is 0 Å². The SMILES string of the molecule is CCC(C)CCCCCC=CCC(=O)NC(CC(N)=O)C(=O)NC1C(=O)N2CCCCC2C(=O)NC(C(C)C(=O)O)C(=O)NC(CC(=O)O)C(=O)NCC(=O)NC(CC(=O)O)C(=O)NCC(=O)NC(C(C)N)C(=O)NC(C(C)C)C(=O)N2CCCC2C(=O)NC1C. The van der Waals surface area contributed by atoms with Crippen LogP contribution in [0.3, 0.4) is 0 Å². The van der Waals surface area contributed by atoms with Crippen LogP contribution in [-0.2, 0) is 76.7 Å². The van der Waals surface area contributed by atoms with Crippen molar-refractivity contribution in [1.82, 2.24) is 63.0 Å². The molecule has 91 heavy (non-hydrogen) atoms. The molecule has 0 aromatic carbocycles. The summed E-state index contributed by atoms with van der Waals surface area (Å²) >= 11 is 0. The smallest absolute Gasteiger partial charge is 0.308 e. The molecule has 0 aromatic rings. The Balaban J connectivity index is 2.17. The zero-order valence-electron chi connectivity index (χ0n) is 52.6. The molecule has 0 aliphatic carbocycles. The van der Waals surface area contributed by atoms with E-state index in [4.69, 9.17) is 11.5 Å². The molecule has 3 aliphatic rings. The highest BCUT2D eigenvalue weighted by atomic mass is 16.4. The van der Waals surface area contributed by atoms with Crippen molar-refractivity contribution < 1.29 is 92.0 Å². The van der Waals surface area contributed by atoms with Crippen molar-refractivity contribution in [3.63, 3.8) is 0 Å². The van der Waals surface area contributed by atoms with Gasteiger partial charge in [-0.1, -0.05) is 65.5 Å². The second kappa shape index (κ2) is 37.4. The number of piperidine rings is 1. The standard InChI is InChI=1S/C58H92N14O19/c1-8-30(4)18-13-11-9-10-12-14-21-40(74)64-34(24-39(60)73)51(83)70-48-33(7)63-52(84)38-20-17-23-72(38)56(88)45(29(2)3)68-55(87)47(32(6)59)67-42(76)28-62-49(81)35(25-43(77)78)65-41(75)27-61-50(82)36(26-44(79)80)66-54(86)46(31(5)58(90)91)69-53(85)37-19-15-16-22-71(37)57(48)89/h12,14,29-38,45-48H,8-11,13,15-28,59H2,1-7H3,(H2,60,73)(H,61,82)(H,62,81)(H,63,84)(H,64,74)(H,65,75)(H,66,86)(H,67,76)(H,68,87)(H,69,85)(H,70,83)(H,77,78)(H,79,80)(H,90,91). The number of unbranched alkanes of at least 4 members (excludes halogenated alkanes) is 3. The maximum Gasteiger partial charge on any atom is 0.308 e. The second-order valence-electron chi connectivity index (χ2n) is 23.7. The van der Waals surface area contributed by atoms with Crippen molar-refractivity contribution in [2.24, 2.45) is 29.2 Å². The van der Waals surface area contributed by atoms with E-state index in [2.05, 4.69) is 56.4 Å². The van der Waals surface area contributed by atoms with E-state index in [1.54, 1.807) is 26.0 Å². The van der Waals surface area contributed by atoms with Crippen LogP contribution in [0.1, 0.15) is 145 Å². The molecule has 0 radical (unpaired) electrons. The maximum absolute atomic E-state index is 15.2. The molecule has 3 aliphatic heterocycles. The molecule has 0 bridgehead atoms. The fourth-order valence-electron chi connectivity index (χ4n) is 10.4. The average Bonchev–Trinajstić information content (AvgIpc) is 1.82. The largest absolute Gasteiger partial charge is 0.481 e. The first-order valence-corrected chi connectivity index (χ1v) is 30.7. The Labute approximate surface area is 526 Å². The predicted molar refractivity (Wildman–Crippen MR) is 321 cm³/mol. The summed E-state index contributed by atoms with van der Waals surface area (Å²) in [5, 5.41) is 52.5. The number of nitrogens with two attached hydrogens (primary N) is 2. The summed E-state index contributed by atoms with van der Waals surface area (Å²) in [6, 6.07) is -18.3. The van der Waals surface area contributed by atoms with Crippen LogP contribution in [0.5, 0.6) is 0 Å². The van der Waals surface area contributed by atoms with Gasteiger partial charge < -0.3 is 89.8 Å². The topological polar surface area (TPSA) is 513 Å². The third-order valence-electron chi connectivity index (χ3n) is 15.9. The highest BCUT2D eigenvalue weighted by Crippen LogP contribution is 2.24. The molecule has 0 spiro atoms. The number of hydrogen-bond acceptors (Lipinski definition) is 17. The highest BCUT2D eigenvalue weighted by Gasteiger charge is 2.45. The molecule has 508 valence electrons. The highest BCUT2D eigenvalue weighted by molar-refractivity contribution is 6.01. The monoisotopic (exact) mass is 1290 g/mol. The number of carbonyl (C=O) groups excluding carboxylic acids is 13. The van der Waals surface area contributed by atoms with E-state index in [1.165, 1.54) is 18.7 Å². The molecule has 0 saturated carbocycles. The summed E-state index contributed by atoms with van der Waals surface area (Å²) in [5.41, 5.74) is 11.7. The number of aliphatic carboxylic acids is 3. The van der Waals surface area contributed by atoms with Gasteiger partial charge in [0.05, 0.1) is 44.3 Å². The van der Waals surface area contributed by atoms with Gasteiger partial charge in [-0.2, -0.15) is 0 Å². The van der Waals surface area contributed by atoms with Crippen molar-refractivity contribution in [3.8, 4) is 0 Å². The van der Waals surface area contributed by atoms with E-state index in [-0.39, 0.29) is 51.6 Å². The lowest BCUT2D eigenvalue weighted by molar-refractivity contribution is -0.149. The van der Waals surface area contributed by atoms with Crippen LogP contribution in [0.15, 0.2) is 12.2 Å². The van der Waals surface area contributed by atoms with Gasteiger partial charge in [-0.25, -0.2) is 0 Å². The molecular formula is C58H92N14O19. The van der Waals surface area contributed by atoms with Crippen LogP contribution in [0.25, 0.3) is 0 Å². The van der Waals surface area contributed by atoms with Gasteiger partial charge in [0.25, 0.3) is 0 Å². The summed E-state index contributed by atoms with van der Waals surface area (Å²) < 4.78 is 0. The Kier molecular flexibility index (Phi) is 31.4. The van der Waals surface area contributed by atoms with Crippen molar-refractivity contribution in [1.29, 1.82) is 0 Å². The molecule has 13 amide bonds. The van der Waals surface area contributed by atoms with Crippen LogP contribution >= 0.6 is 0 Å². The third-order valence-corrected chi connectivity index (χ3v) is 15.9. The van der Waals surface area contributed by atoms with Crippen molar-refractivity contribution in [3.05, 3.63) is 12.2 Å². The molecule has 13 unspecified atom stereocenters. The Morgan fingerprint density at radius 3 is 1.73 bits per heavy atom. The second-order valence-corrected chi connectivity index (χ2v) is 23.7. The number of hydrogen-bond donors (Lipinski definition) is 15. The first-order valence-electron chi connectivity index (χ1n) is 30.7. The number of carboxylic acid groups (broad SMARTS) is 3. The number of amides is 13. The first kappa shape index (κ1) is 76.5. The Hall–Kier alpha value is -8.78. The number of nitrogens with one attached hydrogen (secondary N) is 10. The van der Waals surface area contributed by atoms with E-state index in [9.17, 15) is 87.2 Å². The van der Waals surface area contributed by atoms with Gasteiger partial charge in [0.15, 0.2) is 0 Å².